The Balaban J connectivity index is 2.79. The van der Waals surface area contributed by atoms with Crippen molar-refractivity contribution in [2.45, 2.75) is 25.9 Å². The molecule has 0 heterocycles. The Morgan fingerprint density at radius 2 is 1.90 bits per heavy atom. The maximum atomic E-state index is 11.0. The van der Waals surface area contributed by atoms with Gasteiger partial charge in [0, 0.05) is 13.1 Å². The van der Waals surface area contributed by atoms with Crippen LogP contribution in [-0.4, -0.2) is 39.6 Å². The number of carboxylic acids is 2. The minimum Gasteiger partial charge on any atom is -0.481 e. The highest BCUT2D eigenvalue weighted by Crippen LogP contribution is 2.11. The molecule has 0 spiro atoms. The third-order valence-electron chi connectivity index (χ3n) is 2.99. The van der Waals surface area contributed by atoms with Crippen molar-refractivity contribution in [3.63, 3.8) is 0 Å². The van der Waals surface area contributed by atoms with Crippen molar-refractivity contribution in [3.8, 4) is 6.07 Å². The fourth-order valence-electron chi connectivity index (χ4n) is 1.72. The lowest BCUT2D eigenvalue weighted by Gasteiger charge is -2.25. The number of rotatable bonds is 7. The first-order valence-corrected chi connectivity index (χ1v) is 6.11. The lowest BCUT2D eigenvalue weighted by molar-refractivity contribution is -0.144. The lowest BCUT2D eigenvalue weighted by Crippen LogP contribution is -2.39. The van der Waals surface area contributed by atoms with E-state index in [1.54, 1.807) is 29.2 Å². The summed E-state index contributed by atoms with van der Waals surface area (Å²) in [5, 5.41) is 26.5. The van der Waals surface area contributed by atoms with Gasteiger partial charge in [-0.15, -0.1) is 0 Å². The van der Waals surface area contributed by atoms with Gasteiger partial charge in [-0.1, -0.05) is 12.1 Å². The van der Waals surface area contributed by atoms with Crippen LogP contribution in [-0.2, 0) is 16.1 Å². The second-order valence-corrected chi connectivity index (χ2v) is 4.44. The molecular formula is C14H16N2O4. The Morgan fingerprint density at radius 1 is 1.30 bits per heavy atom. The molecule has 1 unspecified atom stereocenters. The molecule has 0 saturated heterocycles. The van der Waals surface area contributed by atoms with Crippen molar-refractivity contribution in [3.05, 3.63) is 35.4 Å². The van der Waals surface area contributed by atoms with Crippen molar-refractivity contribution in [1.29, 1.82) is 5.26 Å². The van der Waals surface area contributed by atoms with Gasteiger partial charge in [0.05, 0.1) is 18.1 Å². The van der Waals surface area contributed by atoms with E-state index < -0.39 is 18.0 Å². The normalized spacial score (nSPS) is 11.8. The third kappa shape index (κ3) is 4.71. The quantitative estimate of drug-likeness (QED) is 0.778. The fraction of sp³-hybridized carbons (Fsp3) is 0.357. The summed E-state index contributed by atoms with van der Waals surface area (Å²) in [6.07, 6.45) is -0.117. The predicted molar refractivity (Wildman–Crippen MR) is 70.9 cm³/mol. The predicted octanol–water partition coefficient (Wildman–Crippen LogP) is 1.31. The zero-order chi connectivity index (χ0) is 15.1. The minimum absolute atomic E-state index is 0.117. The number of benzene rings is 1. The number of hydrogen-bond acceptors (Lipinski definition) is 4. The van der Waals surface area contributed by atoms with Crippen LogP contribution in [0.4, 0.5) is 0 Å². The zero-order valence-electron chi connectivity index (χ0n) is 11.1. The second kappa shape index (κ2) is 7.26. The molecule has 0 fully saturated rings. The highest BCUT2D eigenvalue weighted by molar-refractivity contribution is 5.73. The summed E-state index contributed by atoms with van der Waals surface area (Å²) in [5.41, 5.74) is 1.36. The zero-order valence-corrected chi connectivity index (χ0v) is 11.1. The van der Waals surface area contributed by atoms with Gasteiger partial charge in [-0.25, -0.2) is 0 Å². The average molecular weight is 276 g/mol. The van der Waals surface area contributed by atoms with Crippen molar-refractivity contribution in [2.75, 3.05) is 6.54 Å². The van der Waals surface area contributed by atoms with Gasteiger partial charge in [-0.3, -0.25) is 14.5 Å². The van der Waals surface area contributed by atoms with E-state index in [9.17, 15) is 9.59 Å². The number of nitriles is 1. The molecule has 0 aliphatic heterocycles. The average Bonchev–Trinajstić information content (AvgIpc) is 2.43. The Hall–Kier alpha value is -2.39. The van der Waals surface area contributed by atoms with E-state index in [0.717, 1.165) is 5.56 Å². The first-order chi connectivity index (χ1) is 9.43. The van der Waals surface area contributed by atoms with Gasteiger partial charge < -0.3 is 10.2 Å². The smallest absolute Gasteiger partial charge is 0.320 e. The van der Waals surface area contributed by atoms with Crippen LogP contribution in [0.1, 0.15) is 24.5 Å². The molecule has 0 bridgehead atoms. The maximum absolute atomic E-state index is 11.0. The van der Waals surface area contributed by atoms with Crippen LogP contribution in [0.3, 0.4) is 0 Å². The molecule has 6 heteroatoms. The SMILES string of the molecule is CC(C(=O)O)N(CCC(=O)O)Cc1ccc(C#N)cc1. The molecule has 2 N–H and O–H groups in total. The van der Waals surface area contributed by atoms with Gasteiger partial charge in [0.25, 0.3) is 0 Å². The van der Waals surface area contributed by atoms with Gasteiger partial charge in [0.1, 0.15) is 6.04 Å². The molecule has 20 heavy (non-hydrogen) atoms. The molecule has 1 atom stereocenters. The van der Waals surface area contributed by atoms with Gasteiger partial charge in [0.15, 0.2) is 0 Å². The van der Waals surface area contributed by atoms with Crippen LogP contribution < -0.4 is 0 Å². The van der Waals surface area contributed by atoms with E-state index in [1.165, 1.54) is 6.92 Å². The van der Waals surface area contributed by atoms with E-state index in [4.69, 9.17) is 15.5 Å². The van der Waals surface area contributed by atoms with Crippen LogP contribution in [0.5, 0.6) is 0 Å². The Kier molecular flexibility index (Phi) is 5.69. The summed E-state index contributed by atoms with van der Waals surface area (Å²) in [6.45, 7) is 2.00. The van der Waals surface area contributed by atoms with Crippen LogP contribution in [0.15, 0.2) is 24.3 Å². The standard InChI is InChI=1S/C14H16N2O4/c1-10(14(19)20)16(7-6-13(17)18)9-12-4-2-11(8-15)3-5-12/h2-5,10H,6-7,9H2,1H3,(H,17,18)(H,19,20). The molecule has 1 aromatic rings. The summed E-state index contributed by atoms with van der Waals surface area (Å²) < 4.78 is 0. The number of hydrogen-bond donors (Lipinski definition) is 2. The summed E-state index contributed by atoms with van der Waals surface area (Å²) in [4.78, 5) is 23.2. The molecule has 1 rings (SSSR count). The van der Waals surface area contributed by atoms with Crippen LogP contribution in [0.2, 0.25) is 0 Å². The van der Waals surface area contributed by atoms with E-state index in [-0.39, 0.29) is 13.0 Å². The number of carboxylic acid groups (broad SMARTS) is 2. The molecule has 0 aliphatic carbocycles. The summed E-state index contributed by atoms with van der Waals surface area (Å²) in [6, 6.07) is 8.00. The van der Waals surface area contributed by atoms with Crippen LogP contribution in [0, 0.1) is 11.3 Å². The molecule has 1 aromatic carbocycles. The number of nitrogens with zero attached hydrogens (tertiary/aromatic N) is 2. The van der Waals surface area contributed by atoms with Crippen molar-refractivity contribution in [2.24, 2.45) is 0 Å². The largest absolute Gasteiger partial charge is 0.481 e. The van der Waals surface area contributed by atoms with Crippen LogP contribution in [0.25, 0.3) is 0 Å². The summed E-state index contributed by atoms with van der Waals surface area (Å²) >= 11 is 0. The highest BCUT2D eigenvalue weighted by Gasteiger charge is 2.21. The minimum atomic E-state index is -0.996. The van der Waals surface area contributed by atoms with E-state index in [0.29, 0.717) is 12.1 Å². The van der Waals surface area contributed by atoms with E-state index in [1.807, 2.05) is 6.07 Å². The number of aliphatic carboxylic acids is 2. The van der Waals surface area contributed by atoms with E-state index >= 15 is 0 Å². The van der Waals surface area contributed by atoms with Crippen molar-refractivity contribution < 1.29 is 19.8 Å². The molecule has 106 valence electrons. The lowest BCUT2D eigenvalue weighted by atomic mass is 10.1. The first kappa shape index (κ1) is 15.7. The first-order valence-electron chi connectivity index (χ1n) is 6.11. The maximum Gasteiger partial charge on any atom is 0.320 e. The molecule has 0 radical (unpaired) electrons. The second-order valence-electron chi connectivity index (χ2n) is 4.44. The topological polar surface area (TPSA) is 102 Å². The van der Waals surface area contributed by atoms with E-state index in [2.05, 4.69) is 0 Å². The molecular weight excluding hydrogens is 260 g/mol. The van der Waals surface area contributed by atoms with Gasteiger partial charge in [-0.2, -0.15) is 5.26 Å². The van der Waals surface area contributed by atoms with Crippen molar-refractivity contribution >= 4 is 11.9 Å². The van der Waals surface area contributed by atoms with Gasteiger partial charge in [0.2, 0.25) is 0 Å². The summed E-state index contributed by atoms with van der Waals surface area (Å²) in [5.74, 6) is -1.96. The highest BCUT2D eigenvalue weighted by atomic mass is 16.4. The molecule has 0 saturated carbocycles. The summed E-state index contributed by atoms with van der Waals surface area (Å²) in [7, 11) is 0. The van der Waals surface area contributed by atoms with Gasteiger partial charge in [-0.05, 0) is 24.6 Å². The molecule has 6 nitrogen and oxygen atoms in total. The number of carbonyl (C=O) groups is 2. The Bertz CT molecular complexity index is 519. The third-order valence-corrected chi connectivity index (χ3v) is 2.99. The monoisotopic (exact) mass is 276 g/mol. The fourth-order valence-corrected chi connectivity index (χ4v) is 1.72. The van der Waals surface area contributed by atoms with Gasteiger partial charge >= 0.3 is 11.9 Å². The Labute approximate surface area is 116 Å². The van der Waals surface area contributed by atoms with Crippen molar-refractivity contribution in [1.82, 2.24) is 4.90 Å². The molecule has 0 aliphatic rings. The molecule has 0 aromatic heterocycles. The van der Waals surface area contributed by atoms with Crippen LogP contribution >= 0.6 is 0 Å². The molecule has 0 amide bonds. The Morgan fingerprint density at radius 3 is 2.35 bits per heavy atom.